The topological polar surface area (TPSA) is 102 Å². The van der Waals surface area contributed by atoms with Gasteiger partial charge in [-0.3, -0.25) is 24.6 Å². The van der Waals surface area contributed by atoms with Crippen molar-refractivity contribution in [3.63, 3.8) is 0 Å². The van der Waals surface area contributed by atoms with Crippen LogP contribution in [0, 0.1) is 16.0 Å². The number of carbonyl (C=O) groups excluding carboxylic acids is 2. The number of methoxy groups -OCH3 is 1. The lowest BCUT2D eigenvalue weighted by Gasteiger charge is -2.35. The van der Waals surface area contributed by atoms with Crippen LogP contribution in [0.5, 0.6) is 5.75 Å². The molecular weight excluding hydrogens is 434 g/mol. The van der Waals surface area contributed by atoms with Crippen molar-refractivity contribution in [3.8, 4) is 5.75 Å². The second-order valence-corrected chi connectivity index (χ2v) is 8.68. The molecule has 172 valence electrons. The number of nitro benzene ring substituents is 1. The number of nitrogens with zero attached hydrogens (tertiary/aromatic N) is 2. The lowest BCUT2D eigenvalue weighted by Crippen LogP contribution is -2.51. The molecule has 8 heteroatoms. The first kappa shape index (κ1) is 21.8. The zero-order valence-corrected chi connectivity index (χ0v) is 18.7. The highest BCUT2D eigenvalue weighted by molar-refractivity contribution is 6.12. The molecule has 1 amide bonds. The smallest absolute Gasteiger partial charge is 0.269 e. The van der Waals surface area contributed by atoms with E-state index in [2.05, 4.69) is 5.32 Å². The molecule has 3 aromatic carbocycles. The minimum atomic E-state index is -1.29. The van der Waals surface area contributed by atoms with Gasteiger partial charge in [-0.05, 0) is 30.8 Å². The Balaban J connectivity index is 1.74. The van der Waals surface area contributed by atoms with Crippen LogP contribution in [0.2, 0.25) is 0 Å². The normalized spacial score (nSPS) is 23.5. The van der Waals surface area contributed by atoms with E-state index in [1.54, 1.807) is 61.7 Å². The van der Waals surface area contributed by atoms with Gasteiger partial charge < -0.3 is 10.1 Å². The monoisotopic (exact) mass is 457 g/mol. The van der Waals surface area contributed by atoms with Crippen LogP contribution in [0.25, 0.3) is 0 Å². The highest BCUT2D eigenvalue weighted by Gasteiger charge is 2.64. The fourth-order valence-electron chi connectivity index (χ4n) is 5.50. The number of likely N-dealkylation sites (N-methyl/N-ethyl adjacent to an activating group) is 1. The third-order valence-electron chi connectivity index (χ3n) is 7.01. The first-order valence-corrected chi connectivity index (χ1v) is 10.9. The van der Waals surface area contributed by atoms with Crippen LogP contribution in [0.1, 0.15) is 27.4 Å². The SMILES string of the molecule is COc1ccc2c(c1)[C@]1(C(=O)N2)[C@@H](C(=O)c2ccccc2)[C@@H](c2cccc([N+](=O)[O-])c2)CN1C. The van der Waals surface area contributed by atoms with Gasteiger partial charge in [0.2, 0.25) is 5.91 Å². The van der Waals surface area contributed by atoms with Gasteiger partial charge in [0.15, 0.2) is 5.78 Å². The number of ether oxygens (including phenoxy) is 1. The molecule has 8 nitrogen and oxygen atoms in total. The number of nitro groups is 1. The predicted octanol–water partition coefficient (Wildman–Crippen LogP) is 3.98. The zero-order chi connectivity index (χ0) is 24.0. The third-order valence-corrected chi connectivity index (χ3v) is 7.01. The van der Waals surface area contributed by atoms with Crippen LogP contribution >= 0.6 is 0 Å². The van der Waals surface area contributed by atoms with Crippen LogP contribution < -0.4 is 10.1 Å². The lowest BCUT2D eigenvalue weighted by atomic mass is 9.70. The summed E-state index contributed by atoms with van der Waals surface area (Å²) in [5.74, 6) is -1.16. The van der Waals surface area contributed by atoms with Crippen molar-refractivity contribution in [3.05, 3.63) is 99.6 Å². The Kier molecular flexibility index (Phi) is 5.17. The summed E-state index contributed by atoms with van der Waals surface area (Å²) in [6.45, 7) is 0.370. The molecule has 0 bridgehead atoms. The van der Waals surface area contributed by atoms with Crippen molar-refractivity contribution in [1.29, 1.82) is 0 Å². The summed E-state index contributed by atoms with van der Waals surface area (Å²) in [5, 5.41) is 14.4. The van der Waals surface area contributed by atoms with Crippen LogP contribution in [0.3, 0.4) is 0 Å². The van der Waals surface area contributed by atoms with Crippen LogP contribution in [-0.4, -0.2) is 42.2 Å². The highest BCUT2D eigenvalue weighted by Crippen LogP contribution is 2.56. The molecule has 2 heterocycles. The Morgan fingerprint density at radius 2 is 1.88 bits per heavy atom. The maximum absolute atomic E-state index is 14.1. The summed E-state index contributed by atoms with van der Waals surface area (Å²) in [4.78, 5) is 40.7. The van der Waals surface area contributed by atoms with E-state index in [4.69, 9.17) is 4.74 Å². The van der Waals surface area contributed by atoms with E-state index < -0.39 is 22.3 Å². The van der Waals surface area contributed by atoms with E-state index in [9.17, 15) is 19.7 Å². The molecule has 1 fully saturated rings. The van der Waals surface area contributed by atoms with Crippen LogP contribution in [0.15, 0.2) is 72.8 Å². The average molecular weight is 457 g/mol. The van der Waals surface area contributed by atoms with E-state index in [1.165, 1.54) is 12.1 Å². The lowest BCUT2D eigenvalue weighted by molar-refractivity contribution is -0.384. The molecule has 0 aromatic heterocycles. The molecule has 34 heavy (non-hydrogen) atoms. The molecule has 0 unspecified atom stereocenters. The number of carbonyl (C=O) groups is 2. The minimum absolute atomic E-state index is 0.0510. The molecule has 1 saturated heterocycles. The van der Waals surface area contributed by atoms with Crippen molar-refractivity contribution in [2.45, 2.75) is 11.5 Å². The number of hydrogen-bond donors (Lipinski definition) is 1. The highest BCUT2D eigenvalue weighted by atomic mass is 16.6. The Morgan fingerprint density at radius 1 is 1.12 bits per heavy atom. The molecule has 2 aliphatic heterocycles. The Bertz CT molecular complexity index is 1310. The first-order chi connectivity index (χ1) is 16.4. The maximum Gasteiger partial charge on any atom is 0.269 e. The summed E-state index contributed by atoms with van der Waals surface area (Å²) in [7, 11) is 3.37. The van der Waals surface area contributed by atoms with Gasteiger partial charge in [-0.1, -0.05) is 42.5 Å². The number of Topliss-reactive ketones (excluding diaryl/α,β-unsaturated/α-hetero) is 1. The van der Waals surface area contributed by atoms with Crippen LogP contribution in [0.4, 0.5) is 11.4 Å². The average Bonchev–Trinajstić information content (AvgIpc) is 3.33. The second-order valence-electron chi connectivity index (χ2n) is 8.68. The van der Waals surface area contributed by atoms with Gasteiger partial charge in [0.05, 0.1) is 18.0 Å². The number of nitrogens with one attached hydrogen (secondary N) is 1. The molecule has 1 spiro atoms. The van der Waals surface area contributed by atoms with Gasteiger partial charge in [-0.25, -0.2) is 0 Å². The Hall–Kier alpha value is -4.04. The van der Waals surface area contributed by atoms with Crippen LogP contribution in [-0.2, 0) is 10.3 Å². The molecule has 5 rings (SSSR count). The summed E-state index contributed by atoms with van der Waals surface area (Å²) >= 11 is 0. The van der Waals surface area contributed by atoms with E-state index >= 15 is 0 Å². The van der Waals surface area contributed by atoms with Crippen molar-refractivity contribution in [2.75, 3.05) is 26.0 Å². The van der Waals surface area contributed by atoms with Crippen molar-refractivity contribution >= 4 is 23.1 Å². The number of rotatable bonds is 5. The van der Waals surface area contributed by atoms with E-state index in [1.807, 2.05) is 18.0 Å². The van der Waals surface area contributed by atoms with Gasteiger partial charge in [-0.2, -0.15) is 0 Å². The van der Waals surface area contributed by atoms with Gasteiger partial charge in [0, 0.05) is 41.4 Å². The Labute approximate surface area is 196 Å². The summed E-state index contributed by atoms with van der Waals surface area (Å²) in [6, 6.07) is 20.5. The molecule has 2 aliphatic rings. The molecular formula is C26H23N3O5. The van der Waals surface area contributed by atoms with Crippen molar-refractivity contribution in [2.24, 2.45) is 5.92 Å². The Morgan fingerprint density at radius 3 is 2.59 bits per heavy atom. The fraction of sp³-hybridized carbons (Fsp3) is 0.231. The number of benzene rings is 3. The standard InChI is InChI=1S/C26H23N3O5/c1-28-15-20(17-9-6-10-18(13-17)29(32)33)23(24(30)16-7-4-3-5-8-16)26(28)21-14-19(34-2)11-12-22(21)27-25(26)31/h3-14,20,23H,15H2,1-2H3,(H,27,31)/t20-,23-,26-/m1/s1. The second kappa shape index (κ2) is 8.07. The molecule has 3 aromatic rings. The largest absolute Gasteiger partial charge is 0.497 e. The van der Waals surface area contributed by atoms with E-state index in [0.717, 1.165) is 0 Å². The number of anilines is 1. The van der Waals surface area contributed by atoms with Gasteiger partial charge in [0.25, 0.3) is 5.69 Å². The summed E-state index contributed by atoms with van der Waals surface area (Å²) < 4.78 is 5.43. The maximum atomic E-state index is 14.1. The minimum Gasteiger partial charge on any atom is -0.497 e. The van der Waals surface area contributed by atoms with Gasteiger partial charge in [-0.15, -0.1) is 0 Å². The van der Waals surface area contributed by atoms with Gasteiger partial charge >= 0.3 is 0 Å². The van der Waals surface area contributed by atoms with E-state index in [-0.39, 0.29) is 17.4 Å². The molecule has 0 radical (unpaired) electrons. The predicted molar refractivity (Wildman–Crippen MR) is 126 cm³/mol. The number of likely N-dealkylation sites (tertiary alicyclic amines) is 1. The first-order valence-electron chi connectivity index (χ1n) is 10.9. The summed E-state index contributed by atoms with van der Waals surface area (Å²) in [6.07, 6.45) is 0. The fourth-order valence-corrected chi connectivity index (χ4v) is 5.50. The number of ketones is 1. The van der Waals surface area contributed by atoms with Gasteiger partial charge in [0.1, 0.15) is 11.3 Å². The molecule has 3 atom stereocenters. The van der Waals surface area contributed by atoms with Crippen molar-refractivity contribution < 1.29 is 19.2 Å². The van der Waals surface area contributed by atoms with E-state index in [0.29, 0.717) is 34.7 Å². The number of amides is 1. The zero-order valence-electron chi connectivity index (χ0n) is 18.7. The quantitative estimate of drug-likeness (QED) is 0.353. The summed E-state index contributed by atoms with van der Waals surface area (Å²) in [5.41, 5.74) is 1.10. The number of hydrogen-bond acceptors (Lipinski definition) is 6. The molecule has 1 N–H and O–H groups in total. The molecule has 0 aliphatic carbocycles. The molecule has 0 saturated carbocycles. The van der Waals surface area contributed by atoms with Crippen molar-refractivity contribution in [1.82, 2.24) is 4.90 Å². The number of fused-ring (bicyclic) bond motifs is 2. The third kappa shape index (κ3) is 3.10. The number of non-ortho nitro benzene ring substituents is 1.